The van der Waals surface area contributed by atoms with Gasteiger partial charge in [0.25, 0.3) is 5.91 Å². The van der Waals surface area contributed by atoms with Crippen LogP contribution in [0.15, 0.2) is 47.8 Å². The van der Waals surface area contributed by atoms with Crippen molar-refractivity contribution < 1.29 is 19.0 Å². The highest BCUT2D eigenvalue weighted by molar-refractivity contribution is 7.09. The first-order chi connectivity index (χ1) is 15.6. The minimum atomic E-state index is -0.508. The van der Waals surface area contributed by atoms with Crippen LogP contribution in [0.1, 0.15) is 31.7 Å². The van der Waals surface area contributed by atoms with Gasteiger partial charge >= 0.3 is 0 Å². The zero-order valence-corrected chi connectivity index (χ0v) is 19.5. The van der Waals surface area contributed by atoms with Gasteiger partial charge in [-0.3, -0.25) is 4.79 Å². The molecule has 1 aliphatic rings. The molecule has 6 nitrogen and oxygen atoms in total. The second kappa shape index (κ2) is 10.0. The second-order valence-corrected chi connectivity index (χ2v) is 8.63. The van der Waals surface area contributed by atoms with E-state index in [0.29, 0.717) is 19.6 Å². The zero-order chi connectivity index (χ0) is 22.5. The number of anilines is 1. The van der Waals surface area contributed by atoms with E-state index in [0.717, 1.165) is 52.0 Å². The van der Waals surface area contributed by atoms with Crippen molar-refractivity contribution in [2.45, 2.75) is 39.2 Å². The lowest BCUT2D eigenvalue weighted by atomic mass is 10.1. The second-order valence-electron chi connectivity index (χ2n) is 7.69. The molecule has 4 rings (SSSR count). The maximum Gasteiger partial charge on any atom is 0.267 e. The summed E-state index contributed by atoms with van der Waals surface area (Å²) in [5.74, 6) is 2.26. The van der Waals surface area contributed by atoms with Gasteiger partial charge in [0.2, 0.25) is 0 Å². The van der Waals surface area contributed by atoms with Crippen LogP contribution in [0.5, 0.6) is 17.2 Å². The molecule has 1 unspecified atom stereocenters. The van der Waals surface area contributed by atoms with E-state index in [4.69, 9.17) is 19.2 Å². The average Bonchev–Trinajstić information content (AvgIpc) is 3.28. The van der Waals surface area contributed by atoms with Gasteiger partial charge in [-0.05, 0) is 68.7 Å². The number of carbonyl (C=O) groups is 1. The highest BCUT2D eigenvalue weighted by Gasteiger charge is 2.31. The van der Waals surface area contributed by atoms with E-state index in [1.165, 1.54) is 0 Å². The Bertz CT molecular complexity index is 1060. The Kier molecular flexibility index (Phi) is 6.95. The van der Waals surface area contributed by atoms with Crippen molar-refractivity contribution in [2.75, 3.05) is 25.2 Å². The number of aryl methyl sites for hydroxylation is 1. The highest BCUT2D eigenvalue weighted by atomic mass is 32.1. The van der Waals surface area contributed by atoms with E-state index < -0.39 is 6.10 Å². The maximum absolute atomic E-state index is 12.9. The molecule has 0 saturated carbocycles. The van der Waals surface area contributed by atoms with Gasteiger partial charge in [-0.15, -0.1) is 11.3 Å². The predicted molar refractivity (Wildman–Crippen MR) is 127 cm³/mol. The Morgan fingerprint density at radius 3 is 2.69 bits per heavy atom. The van der Waals surface area contributed by atoms with Crippen LogP contribution in [-0.4, -0.2) is 37.3 Å². The number of hydrogen-bond donors (Lipinski definition) is 0. The highest BCUT2D eigenvalue weighted by Crippen LogP contribution is 2.38. The van der Waals surface area contributed by atoms with Crippen molar-refractivity contribution in [2.24, 2.45) is 0 Å². The van der Waals surface area contributed by atoms with Crippen molar-refractivity contribution in [3.63, 3.8) is 0 Å². The largest absolute Gasteiger partial charge is 0.497 e. The lowest BCUT2D eigenvalue weighted by Gasteiger charge is -2.33. The Labute approximate surface area is 192 Å². The van der Waals surface area contributed by atoms with E-state index in [2.05, 4.69) is 12.3 Å². The number of fused-ring (bicyclic) bond motifs is 1. The van der Waals surface area contributed by atoms with Crippen molar-refractivity contribution in [3.8, 4) is 28.5 Å². The number of amides is 1. The summed E-state index contributed by atoms with van der Waals surface area (Å²) in [6, 6.07) is 13.4. The van der Waals surface area contributed by atoms with Crippen LogP contribution in [0.2, 0.25) is 0 Å². The molecule has 1 amide bonds. The van der Waals surface area contributed by atoms with E-state index in [1.807, 2.05) is 47.4 Å². The smallest absolute Gasteiger partial charge is 0.267 e. The molecule has 0 saturated heterocycles. The molecule has 7 heteroatoms. The van der Waals surface area contributed by atoms with Crippen molar-refractivity contribution in [3.05, 3.63) is 52.9 Å². The fraction of sp³-hybridized carbons (Fsp3) is 0.360. The number of aromatic nitrogens is 1. The molecule has 2 aromatic carbocycles. The number of thiazole rings is 1. The predicted octanol–water partition coefficient (Wildman–Crippen LogP) is 5.35. The molecule has 0 aliphatic carbocycles. The number of benzene rings is 2. The normalized spacial score (nSPS) is 15.3. The Morgan fingerprint density at radius 1 is 1.16 bits per heavy atom. The van der Waals surface area contributed by atoms with Gasteiger partial charge in [0.1, 0.15) is 17.2 Å². The first-order valence-electron chi connectivity index (χ1n) is 10.9. The Balaban J connectivity index is 1.46. The monoisotopic (exact) mass is 452 g/mol. The van der Waals surface area contributed by atoms with Gasteiger partial charge < -0.3 is 19.1 Å². The fourth-order valence-corrected chi connectivity index (χ4v) is 4.56. The van der Waals surface area contributed by atoms with Crippen molar-refractivity contribution in [1.82, 2.24) is 4.98 Å². The molecule has 0 N–H and O–H groups in total. The number of rotatable bonds is 9. The molecular formula is C25H28N2O4S. The van der Waals surface area contributed by atoms with E-state index >= 15 is 0 Å². The van der Waals surface area contributed by atoms with Gasteiger partial charge in [0, 0.05) is 17.5 Å². The van der Waals surface area contributed by atoms with Crippen molar-refractivity contribution in [1.29, 1.82) is 0 Å². The number of hydrogen-bond acceptors (Lipinski definition) is 6. The lowest BCUT2D eigenvalue weighted by Crippen LogP contribution is -2.45. The minimum Gasteiger partial charge on any atom is -0.497 e. The molecule has 0 spiro atoms. The summed E-state index contributed by atoms with van der Waals surface area (Å²) in [4.78, 5) is 19.4. The minimum absolute atomic E-state index is 0.0379. The molecule has 1 atom stereocenters. The van der Waals surface area contributed by atoms with Crippen LogP contribution in [0.3, 0.4) is 0 Å². The molecule has 168 valence electrons. The molecule has 2 heterocycles. The molecule has 32 heavy (non-hydrogen) atoms. The number of nitrogens with zero attached hydrogens (tertiary/aromatic N) is 2. The van der Waals surface area contributed by atoms with E-state index in [1.54, 1.807) is 25.4 Å². The summed E-state index contributed by atoms with van der Waals surface area (Å²) in [5, 5.41) is 3.21. The molecule has 0 bridgehead atoms. The van der Waals surface area contributed by atoms with Crippen molar-refractivity contribution >= 4 is 22.9 Å². The first-order valence-corrected chi connectivity index (χ1v) is 11.8. The Morgan fingerprint density at radius 2 is 1.94 bits per heavy atom. The Hall–Kier alpha value is -3.06. The van der Waals surface area contributed by atoms with E-state index in [-0.39, 0.29) is 5.91 Å². The summed E-state index contributed by atoms with van der Waals surface area (Å²) >= 11 is 1.68. The standard InChI is InChI=1S/C25H28N2O4S/c1-4-6-24-26-21(16-32-24)18-7-12-23-22(15-18)27(25(28)17(2)31-23)13-5-14-30-20-10-8-19(29-3)9-11-20/h7-12,15-17H,4-6,13-14H2,1-3H3. The van der Waals surface area contributed by atoms with Crippen LogP contribution in [0, 0.1) is 0 Å². The molecule has 3 aromatic rings. The van der Waals surface area contributed by atoms with Gasteiger partial charge in [-0.1, -0.05) is 6.92 Å². The molecule has 0 radical (unpaired) electrons. The van der Waals surface area contributed by atoms with Gasteiger partial charge in [0.05, 0.1) is 30.1 Å². The third kappa shape index (κ3) is 4.88. The van der Waals surface area contributed by atoms with Crippen LogP contribution in [0.25, 0.3) is 11.3 Å². The summed E-state index contributed by atoms with van der Waals surface area (Å²) in [7, 11) is 1.64. The van der Waals surface area contributed by atoms with Crippen LogP contribution in [0.4, 0.5) is 5.69 Å². The molecule has 1 aliphatic heterocycles. The fourth-order valence-electron chi connectivity index (χ4n) is 3.65. The zero-order valence-electron chi connectivity index (χ0n) is 18.7. The van der Waals surface area contributed by atoms with E-state index in [9.17, 15) is 4.79 Å². The first kappa shape index (κ1) is 22.1. The lowest BCUT2D eigenvalue weighted by molar-refractivity contribution is -0.125. The maximum atomic E-state index is 12.9. The molecule has 1 aromatic heterocycles. The number of ether oxygens (including phenoxy) is 3. The summed E-state index contributed by atoms with van der Waals surface area (Å²) in [6.45, 7) is 5.00. The quantitative estimate of drug-likeness (QED) is 0.409. The van der Waals surface area contributed by atoms with Gasteiger partial charge in [-0.25, -0.2) is 4.98 Å². The molecular weight excluding hydrogens is 424 g/mol. The summed E-state index contributed by atoms with van der Waals surface area (Å²) in [6.07, 6.45) is 2.25. The SMILES string of the molecule is CCCc1nc(-c2ccc3c(c2)N(CCCOc2ccc(OC)cc2)C(=O)C(C)O3)cs1. The third-order valence-corrected chi connectivity index (χ3v) is 6.24. The van der Waals surface area contributed by atoms with Crippen LogP contribution in [-0.2, 0) is 11.2 Å². The number of carbonyl (C=O) groups excluding carboxylic acids is 1. The number of methoxy groups -OCH3 is 1. The van der Waals surface area contributed by atoms with Gasteiger partial charge in [0.15, 0.2) is 6.10 Å². The molecule has 0 fully saturated rings. The average molecular weight is 453 g/mol. The summed E-state index contributed by atoms with van der Waals surface area (Å²) in [5.41, 5.74) is 2.72. The van der Waals surface area contributed by atoms with Crippen LogP contribution < -0.4 is 19.1 Å². The van der Waals surface area contributed by atoms with Gasteiger partial charge in [-0.2, -0.15) is 0 Å². The topological polar surface area (TPSA) is 60.9 Å². The third-order valence-electron chi connectivity index (χ3n) is 5.33. The summed E-state index contributed by atoms with van der Waals surface area (Å²) < 4.78 is 16.9. The van der Waals surface area contributed by atoms with Crippen LogP contribution >= 0.6 is 11.3 Å².